The van der Waals surface area contributed by atoms with Crippen LogP contribution in [0.4, 0.5) is 0 Å². The van der Waals surface area contributed by atoms with Crippen LogP contribution in [-0.4, -0.2) is 59.7 Å². The Morgan fingerprint density at radius 1 is 1.19 bits per heavy atom. The third-order valence-corrected chi connectivity index (χ3v) is 5.07. The number of carbonyl (C=O) groups is 4. The number of hydrogen-bond acceptors (Lipinski definition) is 5. The first-order valence-electron chi connectivity index (χ1n) is 9.33. The third kappa shape index (κ3) is 3.86. The Labute approximate surface area is 158 Å². The van der Waals surface area contributed by atoms with Gasteiger partial charge in [-0.1, -0.05) is 11.6 Å². The number of piperidine rings is 1. The summed E-state index contributed by atoms with van der Waals surface area (Å²) in [7, 11) is 0. The summed E-state index contributed by atoms with van der Waals surface area (Å²) in [6.45, 7) is 4.90. The van der Waals surface area contributed by atoms with Crippen molar-refractivity contribution in [1.82, 2.24) is 9.80 Å². The lowest BCUT2D eigenvalue weighted by atomic mass is 9.98. The van der Waals surface area contributed by atoms with Crippen LogP contribution in [0.3, 0.4) is 0 Å². The molecule has 0 aromatic heterocycles. The zero-order valence-corrected chi connectivity index (χ0v) is 15.7. The second-order valence-electron chi connectivity index (χ2n) is 6.99. The van der Waals surface area contributed by atoms with E-state index in [-0.39, 0.29) is 42.6 Å². The van der Waals surface area contributed by atoms with Crippen molar-refractivity contribution in [2.24, 2.45) is 5.92 Å². The van der Waals surface area contributed by atoms with Gasteiger partial charge in [0.15, 0.2) is 0 Å². The molecule has 0 unspecified atom stereocenters. The number of hydrogen-bond donors (Lipinski definition) is 0. The zero-order valence-electron chi connectivity index (χ0n) is 15.7. The van der Waals surface area contributed by atoms with Crippen molar-refractivity contribution in [3.63, 3.8) is 0 Å². The van der Waals surface area contributed by atoms with Gasteiger partial charge in [0.1, 0.15) is 0 Å². The van der Waals surface area contributed by atoms with Crippen LogP contribution in [0.1, 0.15) is 52.5 Å². The van der Waals surface area contributed by atoms with Gasteiger partial charge in [-0.05, 0) is 38.8 Å². The van der Waals surface area contributed by atoms with Gasteiger partial charge in [-0.2, -0.15) is 0 Å². The number of benzene rings is 1. The van der Waals surface area contributed by atoms with E-state index in [4.69, 9.17) is 4.74 Å². The topological polar surface area (TPSA) is 84.0 Å². The fraction of sp³-hybridized carbons (Fsp3) is 0.500. The van der Waals surface area contributed by atoms with Crippen molar-refractivity contribution in [2.75, 3.05) is 26.2 Å². The highest BCUT2D eigenvalue weighted by molar-refractivity contribution is 6.21. The van der Waals surface area contributed by atoms with E-state index in [1.165, 1.54) is 0 Å². The Balaban J connectivity index is 1.59. The monoisotopic (exact) mass is 372 g/mol. The summed E-state index contributed by atoms with van der Waals surface area (Å²) in [5, 5.41) is 0. The van der Waals surface area contributed by atoms with Crippen molar-refractivity contribution in [1.29, 1.82) is 0 Å². The lowest BCUT2D eigenvalue weighted by Crippen LogP contribution is -2.44. The minimum absolute atomic E-state index is 0.0464. The molecule has 144 valence electrons. The van der Waals surface area contributed by atoms with Crippen LogP contribution in [0.2, 0.25) is 0 Å². The van der Waals surface area contributed by atoms with Crippen LogP contribution in [0.25, 0.3) is 0 Å². The average Bonchev–Trinajstić information content (AvgIpc) is 2.90. The number of aryl methyl sites for hydroxylation is 1. The Kier molecular flexibility index (Phi) is 5.58. The maximum Gasteiger partial charge on any atom is 0.310 e. The first-order chi connectivity index (χ1) is 12.9. The van der Waals surface area contributed by atoms with Gasteiger partial charge >= 0.3 is 5.97 Å². The molecule has 0 saturated carbocycles. The maximum absolute atomic E-state index is 12.5. The Hall–Kier alpha value is -2.70. The number of fused-ring (bicyclic) bond motifs is 1. The van der Waals surface area contributed by atoms with Crippen molar-refractivity contribution in [3.05, 3.63) is 34.9 Å². The number of amides is 3. The second kappa shape index (κ2) is 7.90. The van der Waals surface area contributed by atoms with Gasteiger partial charge in [-0.25, -0.2) is 0 Å². The molecule has 1 fully saturated rings. The molecule has 1 aromatic rings. The van der Waals surface area contributed by atoms with Gasteiger partial charge < -0.3 is 9.64 Å². The summed E-state index contributed by atoms with van der Waals surface area (Å²) in [5.41, 5.74) is 1.69. The maximum atomic E-state index is 12.5. The summed E-state index contributed by atoms with van der Waals surface area (Å²) in [6.07, 6.45) is 1.50. The van der Waals surface area contributed by atoms with Crippen molar-refractivity contribution in [3.8, 4) is 0 Å². The predicted molar refractivity (Wildman–Crippen MR) is 97.1 cm³/mol. The van der Waals surface area contributed by atoms with Gasteiger partial charge in [0.25, 0.3) is 11.8 Å². The lowest BCUT2D eigenvalue weighted by Gasteiger charge is -2.32. The smallest absolute Gasteiger partial charge is 0.310 e. The third-order valence-electron chi connectivity index (χ3n) is 5.07. The largest absolute Gasteiger partial charge is 0.466 e. The molecule has 1 saturated heterocycles. The zero-order chi connectivity index (χ0) is 19.6. The predicted octanol–water partition coefficient (Wildman–Crippen LogP) is 1.78. The number of ether oxygens (including phenoxy) is 1. The number of likely N-dealkylation sites (tertiary alicyclic amines) is 1. The molecule has 0 bridgehead atoms. The molecule has 0 N–H and O–H groups in total. The Morgan fingerprint density at radius 2 is 1.93 bits per heavy atom. The van der Waals surface area contributed by atoms with Gasteiger partial charge in [0.2, 0.25) is 5.91 Å². The van der Waals surface area contributed by atoms with E-state index in [0.717, 1.165) is 16.9 Å². The van der Waals surface area contributed by atoms with Gasteiger partial charge in [0, 0.05) is 26.1 Å². The second-order valence-corrected chi connectivity index (χ2v) is 6.99. The fourth-order valence-electron chi connectivity index (χ4n) is 3.63. The molecule has 3 rings (SSSR count). The fourth-order valence-corrected chi connectivity index (χ4v) is 3.63. The number of imide groups is 1. The number of carbonyl (C=O) groups excluding carboxylic acids is 4. The normalized spacial score (nSPS) is 19.3. The molecule has 1 atom stereocenters. The Morgan fingerprint density at radius 3 is 2.67 bits per heavy atom. The SMILES string of the molecule is CCOC(=O)[C@@H]1CCCN(C(=O)CCN2C(=O)c3ccc(C)cc3C2=O)C1. The minimum Gasteiger partial charge on any atom is -0.466 e. The minimum atomic E-state index is -0.356. The quantitative estimate of drug-likeness (QED) is 0.581. The van der Waals surface area contributed by atoms with Crippen molar-refractivity contribution >= 4 is 23.7 Å². The summed E-state index contributed by atoms with van der Waals surface area (Å²) in [5.74, 6) is -1.44. The first kappa shape index (κ1) is 19.1. The number of rotatable bonds is 5. The molecule has 1 aromatic carbocycles. The average molecular weight is 372 g/mol. The molecule has 7 heteroatoms. The number of nitrogens with zero attached hydrogens (tertiary/aromatic N) is 2. The lowest BCUT2D eigenvalue weighted by molar-refractivity contribution is -0.151. The van der Waals surface area contributed by atoms with E-state index in [9.17, 15) is 19.2 Å². The van der Waals surface area contributed by atoms with Crippen LogP contribution in [0.15, 0.2) is 18.2 Å². The van der Waals surface area contributed by atoms with Crippen molar-refractivity contribution < 1.29 is 23.9 Å². The highest BCUT2D eigenvalue weighted by Gasteiger charge is 2.36. The molecular formula is C20H24N2O5. The van der Waals surface area contributed by atoms with E-state index >= 15 is 0 Å². The Bertz CT molecular complexity index is 789. The standard InChI is InChI=1S/C20H24N2O5/c1-3-27-20(26)14-5-4-9-21(12-14)17(23)8-10-22-18(24)15-7-6-13(2)11-16(15)19(22)25/h6-7,11,14H,3-5,8-10,12H2,1-2H3/t14-/m1/s1. The molecule has 0 aliphatic carbocycles. The molecule has 2 heterocycles. The van der Waals surface area contributed by atoms with Crippen molar-refractivity contribution in [2.45, 2.75) is 33.1 Å². The summed E-state index contributed by atoms with van der Waals surface area (Å²) < 4.78 is 5.05. The van der Waals surface area contributed by atoms with Gasteiger partial charge in [0.05, 0.1) is 23.7 Å². The first-order valence-corrected chi connectivity index (χ1v) is 9.33. The van der Waals surface area contributed by atoms with E-state index in [1.54, 1.807) is 30.0 Å². The molecule has 3 amide bonds. The van der Waals surface area contributed by atoms with Crippen LogP contribution in [0, 0.1) is 12.8 Å². The van der Waals surface area contributed by atoms with Crippen LogP contribution in [-0.2, 0) is 14.3 Å². The highest BCUT2D eigenvalue weighted by atomic mass is 16.5. The van der Waals surface area contributed by atoms with E-state index in [2.05, 4.69) is 0 Å². The van der Waals surface area contributed by atoms with E-state index in [0.29, 0.717) is 37.2 Å². The summed E-state index contributed by atoms with van der Waals surface area (Å²) >= 11 is 0. The summed E-state index contributed by atoms with van der Waals surface area (Å²) in [4.78, 5) is 52.1. The van der Waals surface area contributed by atoms with Crippen LogP contribution < -0.4 is 0 Å². The van der Waals surface area contributed by atoms with Crippen LogP contribution in [0.5, 0.6) is 0 Å². The molecule has 0 spiro atoms. The molecule has 27 heavy (non-hydrogen) atoms. The molecule has 2 aliphatic heterocycles. The molecule has 0 radical (unpaired) electrons. The molecular weight excluding hydrogens is 348 g/mol. The van der Waals surface area contributed by atoms with Gasteiger partial charge in [-0.3, -0.25) is 24.1 Å². The van der Waals surface area contributed by atoms with Crippen LogP contribution >= 0.6 is 0 Å². The molecule has 7 nitrogen and oxygen atoms in total. The summed E-state index contributed by atoms with van der Waals surface area (Å²) in [6, 6.07) is 5.15. The number of esters is 1. The van der Waals surface area contributed by atoms with Gasteiger partial charge in [-0.15, -0.1) is 0 Å². The molecule has 2 aliphatic rings. The highest BCUT2D eigenvalue weighted by Crippen LogP contribution is 2.24. The van der Waals surface area contributed by atoms with E-state index in [1.807, 2.05) is 6.92 Å². The van der Waals surface area contributed by atoms with E-state index < -0.39 is 0 Å².